The standard InChI is InChI=1S/C18H37N.H3N/c1-2-3-4-5-6-7-8-9-10-11-12-13-14-15-16-17-18-19;/h9-10H,2-8,11-19H2,1H3;1H3/b10-9-;. The molecule has 0 spiro atoms. The highest BCUT2D eigenvalue weighted by Crippen LogP contribution is 2.09. The summed E-state index contributed by atoms with van der Waals surface area (Å²) in [6.07, 6.45) is 23.9. The van der Waals surface area contributed by atoms with E-state index in [-0.39, 0.29) is 6.15 Å². The molecule has 0 aromatic carbocycles. The number of unbranched alkanes of at least 4 members (excludes halogenated alkanes) is 12. The van der Waals surface area contributed by atoms with Gasteiger partial charge in [-0.25, -0.2) is 0 Å². The lowest BCUT2D eigenvalue weighted by Gasteiger charge is -1.99. The van der Waals surface area contributed by atoms with Gasteiger partial charge in [-0.2, -0.15) is 0 Å². The molecule has 0 aromatic rings. The molecule has 2 nitrogen and oxygen atoms in total. The van der Waals surface area contributed by atoms with E-state index in [2.05, 4.69) is 19.1 Å². The molecule has 0 atom stereocenters. The Morgan fingerprint density at radius 1 is 0.600 bits per heavy atom. The van der Waals surface area contributed by atoms with Crippen molar-refractivity contribution < 1.29 is 0 Å². The average Bonchev–Trinajstić information content (AvgIpc) is 2.43. The maximum atomic E-state index is 5.47. The van der Waals surface area contributed by atoms with Crippen molar-refractivity contribution in [3.8, 4) is 0 Å². The SMILES string of the molecule is CCCCCCCC/C=C\CCCCCCCCN.N. The second-order valence-corrected chi connectivity index (χ2v) is 5.73. The van der Waals surface area contributed by atoms with E-state index in [1.165, 1.54) is 89.9 Å². The summed E-state index contributed by atoms with van der Waals surface area (Å²) in [4.78, 5) is 0. The van der Waals surface area contributed by atoms with Crippen LogP contribution in [0.5, 0.6) is 0 Å². The van der Waals surface area contributed by atoms with E-state index in [4.69, 9.17) is 5.73 Å². The fourth-order valence-electron chi connectivity index (χ4n) is 2.39. The first-order valence-electron chi connectivity index (χ1n) is 8.77. The van der Waals surface area contributed by atoms with Crippen molar-refractivity contribution in [1.29, 1.82) is 0 Å². The van der Waals surface area contributed by atoms with Gasteiger partial charge < -0.3 is 11.9 Å². The lowest BCUT2D eigenvalue weighted by atomic mass is 10.1. The molecule has 0 unspecified atom stereocenters. The Balaban J connectivity index is 0. The van der Waals surface area contributed by atoms with Gasteiger partial charge in [-0.05, 0) is 38.6 Å². The van der Waals surface area contributed by atoms with E-state index in [0.29, 0.717) is 0 Å². The highest BCUT2D eigenvalue weighted by molar-refractivity contribution is 4.81. The summed E-state index contributed by atoms with van der Waals surface area (Å²) in [7, 11) is 0. The van der Waals surface area contributed by atoms with Crippen LogP contribution in [0.2, 0.25) is 0 Å². The summed E-state index contributed by atoms with van der Waals surface area (Å²) in [6.45, 7) is 3.14. The Hall–Kier alpha value is -0.340. The molecule has 0 radical (unpaired) electrons. The fraction of sp³-hybridized carbons (Fsp3) is 0.889. The summed E-state index contributed by atoms with van der Waals surface area (Å²) in [5.41, 5.74) is 5.47. The van der Waals surface area contributed by atoms with Crippen LogP contribution in [-0.2, 0) is 0 Å². The van der Waals surface area contributed by atoms with Crippen molar-refractivity contribution in [2.75, 3.05) is 6.54 Å². The monoisotopic (exact) mass is 284 g/mol. The van der Waals surface area contributed by atoms with Gasteiger partial charge in [-0.1, -0.05) is 76.9 Å². The molecule has 0 heterocycles. The van der Waals surface area contributed by atoms with Crippen molar-refractivity contribution in [3.63, 3.8) is 0 Å². The van der Waals surface area contributed by atoms with Crippen molar-refractivity contribution in [2.45, 2.75) is 96.8 Å². The first-order valence-corrected chi connectivity index (χ1v) is 8.77. The molecule has 0 saturated heterocycles. The largest absolute Gasteiger partial charge is 0.344 e. The van der Waals surface area contributed by atoms with E-state index >= 15 is 0 Å². The first-order chi connectivity index (χ1) is 9.41. The number of allylic oxidation sites excluding steroid dienone is 2. The molecule has 0 aliphatic heterocycles. The molecule has 0 aromatic heterocycles. The van der Waals surface area contributed by atoms with Gasteiger partial charge in [0.25, 0.3) is 0 Å². The number of nitrogens with two attached hydrogens (primary N) is 1. The van der Waals surface area contributed by atoms with Crippen LogP contribution in [0.15, 0.2) is 12.2 Å². The molecule has 0 bridgehead atoms. The molecule has 0 fully saturated rings. The summed E-state index contributed by atoms with van der Waals surface area (Å²) < 4.78 is 0. The summed E-state index contributed by atoms with van der Waals surface area (Å²) in [5.74, 6) is 0. The van der Waals surface area contributed by atoms with Crippen molar-refractivity contribution in [1.82, 2.24) is 6.15 Å². The van der Waals surface area contributed by atoms with Crippen LogP contribution in [0.4, 0.5) is 0 Å². The van der Waals surface area contributed by atoms with E-state index in [0.717, 1.165) is 6.54 Å². The molecule has 2 heteroatoms. The normalized spacial score (nSPS) is 10.9. The molecule has 0 amide bonds. The Kier molecular flexibility index (Phi) is 23.0. The van der Waals surface area contributed by atoms with Crippen LogP contribution in [0.25, 0.3) is 0 Å². The Labute approximate surface area is 128 Å². The fourth-order valence-corrected chi connectivity index (χ4v) is 2.39. The summed E-state index contributed by atoms with van der Waals surface area (Å²) >= 11 is 0. The van der Waals surface area contributed by atoms with Gasteiger partial charge in [0.15, 0.2) is 0 Å². The highest BCUT2D eigenvalue weighted by Gasteiger charge is 1.90. The summed E-state index contributed by atoms with van der Waals surface area (Å²) in [6, 6.07) is 0. The maximum absolute atomic E-state index is 5.47. The van der Waals surface area contributed by atoms with Crippen LogP contribution in [0.3, 0.4) is 0 Å². The van der Waals surface area contributed by atoms with Crippen molar-refractivity contribution in [2.24, 2.45) is 5.73 Å². The van der Waals surface area contributed by atoms with Crippen LogP contribution in [0.1, 0.15) is 96.8 Å². The third kappa shape index (κ3) is 20.0. The zero-order chi connectivity index (χ0) is 14.0. The van der Waals surface area contributed by atoms with Crippen LogP contribution in [-0.4, -0.2) is 6.54 Å². The minimum Gasteiger partial charge on any atom is -0.344 e. The molecule has 5 N–H and O–H groups in total. The van der Waals surface area contributed by atoms with Gasteiger partial charge in [0.2, 0.25) is 0 Å². The average molecular weight is 285 g/mol. The van der Waals surface area contributed by atoms with Gasteiger partial charge in [0.05, 0.1) is 0 Å². The third-order valence-corrected chi connectivity index (χ3v) is 3.72. The smallest absolute Gasteiger partial charge is 0.00773 e. The molecule has 0 aliphatic carbocycles. The molecule has 122 valence electrons. The zero-order valence-corrected chi connectivity index (χ0v) is 14.0. The Morgan fingerprint density at radius 3 is 1.45 bits per heavy atom. The number of hydrogen-bond acceptors (Lipinski definition) is 2. The van der Waals surface area contributed by atoms with Gasteiger partial charge in [-0.15, -0.1) is 0 Å². The molecule has 0 saturated carbocycles. The maximum Gasteiger partial charge on any atom is -0.00773 e. The predicted molar refractivity (Wildman–Crippen MR) is 93.5 cm³/mol. The summed E-state index contributed by atoms with van der Waals surface area (Å²) in [5, 5.41) is 0. The van der Waals surface area contributed by atoms with E-state index in [9.17, 15) is 0 Å². The first kappa shape index (κ1) is 21.9. The molecule has 0 aliphatic rings. The van der Waals surface area contributed by atoms with Gasteiger partial charge >= 0.3 is 0 Å². The quantitative estimate of drug-likeness (QED) is 0.280. The van der Waals surface area contributed by atoms with Crippen LogP contribution in [0, 0.1) is 0 Å². The Morgan fingerprint density at radius 2 is 1.00 bits per heavy atom. The van der Waals surface area contributed by atoms with Crippen LogP contribution < -0.4 is 11.9 Å². The van der Waals surface area contributed by atoms with Gasteiger partial charge in [-0.3, -0.25) is 0 Å². The molecular formula is C18H40N2. The highest BCUT2D eigenvalue weighted by atomic mass is 14.5. The van der Waals surface area contributed by atoms with Gasteiger partial charge in [0.1, 0.15) is 0 Å². The van der Waals surface area contributed by atoms with Crippen molar-refractivity contribution >= 4 is 0 Å². The van der Waals surface area contributed by atoms with Crippen molar-refractivity contribution in [3.05, 3.63) is 12.2 Å². The van der Waals surface area contributed by atoms with E-state index < -0.39 is 0 Å². The Bertz CT molecular complexity index is 178. The van der Waals surface area contributed by atoms with E-state index in [1.807, 2.05) is 0 Å². The molecular weight excluding hydrogens is 244 g/mol. The predicted octanol–water partition coefficient (Wildman–Crippen LogP) is 6.14. The van der Waals surface area contributed by atoms with Gasteiger partial charge in [0, 0.05) is 0 Å². The second-order valence-electron chi connectivity index (χ2n) is 5.73. The van der Waals surface area contributed by atoms with Crippen LogP contribution >= 0.6 is 0 Å². The van der Waals surface area contributed by atoms with E-state index in [1.54, 1.807) is 0 Å². The zero-order valence-electron chi connectivity index (χ0n) is 14.0. The minimum absolute atomic E-state index is 0. The minimum atomic E-state index is 0. The lowest BCUT2D eigenvalue weighted by Crippen LogP contribution is -1.97. The molecule has 0 rings (SSSR count). The third-order valence-electron chi connectivity index (χ3n) is 3.72. The lowest BCUT2D eigenvalue weighted by molar-refractivity contribution is 0.599. The number of rotatable bonds is 15. The number of hydrogen-bond donors (Lipinski definition) is 2. The second kappa shape index (κ2) is 21.0. The molecule has 20 heavy (non-hydrogen) atoms. The topological polar surface area (TPSA) is 61.0 Å².